The highest BCUT2D eigenvalue weighted by atomic mass is 19.1. The topological polar surface area (TPSA) is 41.6 Å². The summed E-state index contributed by atoms with van der Waals surface area (Å²) in [7, 11) is 1.61. The third-order valence-corrected chi connectivity index (χ3v) is 4.66. The van der Waals surface area contributed by atoms with Crippen LogP contribution in [0.25, 0.3) is 0 Å². The highest BCUT2D eigenvalue weighted by Gasteiger charge is 2.26. The summed E-state index contributed by atoms with van der Waals surface area (Å²) in [4.78, 5) is 14.2. The molecule has 0 radical (unpaired) electrons. The number of urea groups is 1. The Hall–Kier alpha value is -2.56. The van der Waals surface area contributed by atoms with Gasteiger partial charge in [-0.2, -0.15) is 0 Å². The van der Waals surface area contributed by atoms with Crippen molar-refractivity contribution in [1.29, 1.82) is 0 Å². The minimum Gasteiger partial charge on any atom is -0.497 e. The number of hydrogen-bond acceptors (Lipinski definition) is 2. The van der Waals surface area contributed by atoms with Gasteiger partial charge in [0.05, 0.1) is 7.11 Å². The number of ether oxygens (including phenoxy) is 1. The molecule has 0 saturated carbocycles. The summed E-state index contributed by atoms with van der Waals surface area (Å²) in [5.74, 6) is 0.996. The van der Waals surface area contributed by atoms with Crippen molar-refractivity contribution in [1.82, 2.24) is 4.90 Å². The minimum atomic E-state index is -0.171. The number of aryl methyl sites for hydroxylation is 1. The molecule has 1 saturated heterocycles. The predicted octanol–water partition coefficient (Wildman–Crippen LogP) is 4.24. The molecule has 0 aromatic heterocycles. The molecule has 2 aromatic carbocycles. The number of likely N-dealkylation sites (tertiary alicyclic amines) is 1. The van der Waals surface area contributed by atoms with E-state index in [1.165, 1.54) is 6.07 Å². The number of rotatable bonds is 4. The molecular formula is C20H23FN2O2. The van der Waals surface area contributed by atoms with Crippen molar-refractivity contribution in [2.24, 2.45) is 5.92 Å². The quantitative estimate of drug-likeness (QED) is 0.903. The van der Waals surface area contributed by atoms with Crippen LogP contribution in [0, 0.1) is 18.7 Å². The van der Waals surface area contributed by atoms with E-state index in [4.69, 9.17) is 4.74 Å². The Bertz CT molecular complexity index is 746. The fourth-order valence-electron chi connectivity index (χ4n) is 3.23. The van der Waals surface area contributed by atoms with Crippen molar-refractivity contribution in [3.05, 3.63) is 59.4 Å². The van der Waals surface area contributed by atoms with Crippen molar-refractivity contribution < 1.29 is 13.9 Å². The number of nitrogens with one attached hydrogen (secondary N) is 1. The number of anilines is 1. The highest BCUT2D eigenvalue weighted by Crippen LogP contribution is 2.23. The number of hydrogen-bond donors (Lipinski definition) is 1. The van der Waals surface area contributed by atoms with Gasteiger partial charge >= 0.3 is 6.03 Å². The van der Waals surface area contributed by atoms with Gasteiger partial charge < -0.3 is 15.0 Å². The van der Waals surface area contributed by atoms with Crippen LogP contribution < -0.4 is 10.1 Å². The smallest absolute Gasteiger partial charge is 0.321 e. The molecule has 1 heterocycles. The van der Waals surface area contributed by atoms with Crippen molar-refractivity contribution in [3.63, 3.8) is 0 Å². The molecule has 1 unspecified atom stereocenters. The van der Waals surface area contributed by atoms with Gasteiger partial charge in [-0.25, -0.2) is 9.18 Å². The Kier molecular flexibility index (Phi) is 5.22. The van der Waals surface area contributed by atoms with Crippen LogP contribution in [0.1, 0.15) is 17.5 Å². The Morgan fingerprint density at radius 2 is 2.04 bits per heavy atom. The second kappa shape index (κ2) is 7.55. The molecule has 0 aliphatic carbocycles. The van der Waals surface area contributed by atoms with Crippen molar-refractivity contribution in [2.75, 3.05) is 25.5 Å². The summed E-state index contributed by atoms with van der Waals surface area (Å²) in [5, 5.41) is 2.92. The molecule has 25 heavy (non-hydrogen) atoms. The first kappa shape index (κ1) is 17.3. The SMILES string of the molecule is COc1ccc(NC(=O)N2CCC(Cc3ccc(F)c(C)c3)C2)cc1. The Balaban J connectivity index is 1.54. The van der Waals surface area contributed by atoms with Gasteiger partial charge in [0, 0.05) is 18.8 Å². The van der Waals surface area contributed by atoms with E-state index >= 15 is 0 Å². The summed E-state index contributed by atoms with van der Waals surface area (Å²) in [5.41, 5.74) is 2.55. The van der Waals surface area contributed by atoms with E-state index in [-0.39, 0.29) is 11.8 Å². The number of carbonyl (C=O) groups is 1. The third-order valence-electron chi connectivity index (χ3n) is 4.66. The van der Waals surface area contributed by atoms with Gasteiger partial charge in [-0.15, -0.1) is 0 Å². The van der Waals surface area contributed by atoms with E-state index in [0.29, 0.717) is 11.5 Å². The number of methoxy groups -OCH3 is 1. The average Bonchev–Trinajstić information content (AvgIpc) is 3.07. The van der Waals surface area contributed by atoms with Gasteiger partial charge in [-0.1, -0.05) is 12.1 Å². The maximum Gasteiger partial charge on any atom is 0.321 e. The van der Waals surface area contributed by atoms with Gasteiger partial charge in [0.15, 0.2) is 0 Å². The molecule has 3 rings (SSSR count). The molecule has 132 valence electrons. The van der Waals surface area contributed by atoms with Crippen LogP contribution in [0.4, 0.5) is 14.9 Å². The monoisotopic (exact) mass is 342 g/mol. The van der Waals surface area contributed by atoms with Crippen molar-refractivity contribution >= 4 is 11.7 Å². The summed E-state index contributed by atoms with van der Waals surface area (Å²) in [6.45, 7) is 3.24. The molecule has 4 nitrogen and oxygen atoms in total. The van der Waals surface area contributed by atoms with Gasteiger partial charge in [0.2, 0.25) is 0 Å². The first-order valence-corrected chi connectivity index (χ1v) is 8.50. The maximum absolute atomic E-state index is 13.4. The van der Waals surface area contributed by atoms with E-state index in [9.17, 15) is 9.18 Å². The van der Waals surface area contributed by atoms with Crippen LogP contribution in [0.3, 0.4) is 0 Å². The Morgan fingerprint density at radius 3 is 2.72 bits per heavy atom. The molecular weight excluding hydrogens is 319 g/mol. The highest BCUT2D eigenvalue weighted by molar-refractivity contribution is 5.89. The fraction of sp³-hybridized carbons (Fsp3) is 0.350. The average molecular weight is 342 g/mol. The lowest BCUT2D eigenvalue weighted by Crippen LogP contribution is -2.33. The summed E-state index contributed by atoms with van der Waals surface area (Å²) in [6, 6.07) is 12.5. The molecule has 5 heteroatoms. The summed E-state index contributed by atoms with van der Waals surface area (Å²) >= 11 is 0. The van der Waals surface area contributed by atoms with Crippen LogP contribution in [0.5, 0.6) is 5.75 Å². The second-order valence-corrected chi connectivity index (χ2v) is 6.55. The number of halogens is 1. The van der Waals surface area contributed by atoms with Gasteiger partial charge in [0.25, 0.3) is 0 Å². The van der Waals surface area contributed by atoms with Crippen LogP contribution in [-0.2, 0) is 6.42 Å². The van der Waals surface area contributed by atoms with E-state index in [2.05, 4.69) is 5.32 Å². The number of nitrogens with zero attached hydrogens (tertiary/aromatic N) is 1. The molecule has 1 fully saturated rings. The second-order valence-electron chi connectivity index (χ2n) is 6.55. The molecule has 1 aliphatic heterocycles. The molecule has 1 atom stereocenters. The molecule has 2 aromatic rings. The zero-order chi connectivity index (χ0) is 17.8. The van der Waals surface area contributed by atoms with E-state index in [0.717, 1.165) is 42.9 Å². The van der Waals surface area contributed by atoms with Crippen molar-refractivity contribution in [2.45, 2.75) is 19.8 Å². The normalized spacial score (nSPS) is 16.8. The fourth-order valence-corrected chi connectivity index (χ4v) is 3.23. The predicted molar refractivity (Wildman–Crippen MR) is 96.5 cm³/mol. The van der Waals surface area contributed by atoms with Gasteiger partial charge in [0.1, 0.15) is 11.6 Å². The van der Waals surface area contributed by atoms with Crippen molar-refractivity contribution in [3.8, 4) is 5.75 Å². The van der Waals surface area contributed by atoms with E-state index in [1.807, 2.05) is 41.3 Å². The Morgan fingerprint density at radius 1 is 1.28 bits per heavy atom. The first-order chi connectivity index (χ1) is 12.0. The van der Waals surface area contributed by atoms with E-state index < -0.39 is 0 Å². The number of carbonyl (C=O) groups excluding carboxylic acids is 1. The van der Waals surface area contributed by atoms with Crippen LogP contribution in [0.2, 0.25) is 0 Å². The van der Waals surface area contributed by atoms with Gasteiger partial charge in [-0.05, 0) is 67.1 Å². The number of benzene rings is 2. The van der Waals surface area contributed by atoms with Crippen LogP contribution >= 0.6 is 0 Å². The van der Waals surface area contributed by atoms with E-state index in [1.54, 1.807) is 14.0 Å². The molecule has 0 bridgehead atoms. The molecule has 1 aliphatic rings. The largest absolute Gasteiger partial charge is 0.497 e. The standard InChI is InChI=1S/C20H23FN2O2/c1-14-11-15(3-8-19(14)21)12-16-9-10-23(13-16)20(24)22-17-4-6-18(25-2)7-5-17/h3-8,11,16H,9-10,12-13H2,1-2H3,(H,22,24). The lowest BCUT2D eigenvalue weighted by molar-refractivity contribution is 0.221. The van der Waals surface area contributed by atoms with Crippen LogP contribution in [0.15, 0.2) is 42.5 Å². The maximum atomic E-state index is 13.4. The summed E-state index contributed by atoms with van der Waals surface area (Å²) in [6.07, 6.45) is 1.83. The molecule has 1 N–H and O–H groups in total. The minimum absolute atomic E-state index is 0.0806. The summed E-state index contributed by atoms with van der Waals surface area (Å²) < 4.78 is 18.5. The molecule has 0 spiro atoms. The Labute approximate surface area is 147 Å². The lowest BCUT2D eigenvalue weighted by Gasteiger charge is -2.18. The third kappa shape index (κ3) is 4.29. The lowest BCUT2D eigenvalue weighted by atomic mass is 9.97. The number of amides is 2. The van der Waals surface area contributed by atoms with Gasteiger partial charge in [-0.3, -0.25) is 0 Å². The first-order valence-electron chi connectivity index (χ1n) is 8.50. The molecule has 2 amide bonds. The van der Waals surface area contributed by atoms with Crippen LogP contribution in [-0.4, -0.2) is 31.1 Å². The zero-order valence-electron chi connectivity index (χ0n) is 14.6. The zero-order valence-corrected chi connectivity index (χ0v) is 14.6.